The van der Waals surface area contributed by atoms with E-state index in [1.165, 1.54) is 11.3 Å². The summed E-state index contributed by atoms with van der Waals surface area (Å²) in [5, 5.41) is 23.7. The summed E-state index contributed by atoms with van der Waals surface area (Å²) in [6.45, 7) is 8.60. The lowest BCUT2D eigenvalue weighted by Crippen LogP contribution is -2.47. The third kappa shape index (κ3) is 5.61. The van der Waals surface area contributed by atoms with Gasteiger partial charge in [0.15, 0.2) is 5.82 Å². The van der Waals surface area contributed by atoms with Gasteiger partial charge in [-0.15, -0.1) is 10.2 Å². The Morgan fingerprint density at radius 2 is 1.93 bits per heavy atom. The Hall–Kier alpha value is -2.32. The number of hydrogen-bond acceptors (Lipinski definition) is 7. The Morgan fingerprint density at radius 3 is 2.48 bits per heavy atom. The zero-order valence-corrected chi connectivity index (χ0v) is 17.4. The van der Waals surface area contributed by atoms with Crippen molar-refractivity contribution in [1.82, 2.24) is 25.5 Å². The van der Waals surface area contributed by atoms with Crippen LogP contribution in [-0.4, -0.2) is 75.7 Å². The Balaban J connectivity index is 1.68. The second-order valence-electron chi connectivity index (χ2n) is 7.81. The Kier molecular flexibility index (Phi) is 7.71. The number of aliphatic hydroxyl groups is 1. The fraction of sp³-hybridized carbons (Fsp3) is 0.619. The summed E-state index contributed by atoms with van der Waals surface area (Å²) in [4.78, 5) is 16.9. The summed E-state index contributed by atoms with van der Waals surface area (Å²) < 4.78 is 0. The molecule has 2 aromatic rings. The maximum atomic E-state index is 12.3. The van der Waals surface area contributed by atoms with Gasteiger partial charge in [-0.2, -0.15) is 5.21 Å². The van der Waals surface area contributed by atoms with Gasteiger partial charge in [0.2, 0.25) is 0 Å². The number of carbonyl (C=O) groups excluding carboxylic acids is 1. The summed E-state index contributed by atoms with van der Waals surface area (Å²) in [5.41, 5.74) is 2.38. The Labute approximate surface area is 172 Å². The van der Waals surface area contributed by atoms with Crippen molar-refractivity contribution >= 4 is 11.5 Å². The van der Waals surface area contributed by atoms with Crippen molar-refractivity contribution < 1.29 is 9.90 Å². The van der Waals surface area contributed by atoms with Crippen LogP contribution in [0, 0.1) is 5.92 Å². The van der Waals surface area contributed by atoms with Gasteiger partial charge in [0.1, 0.15) is 5.78 Å². The number of carbonyl (C=O) groups is 1. The number of Topliss-reactive ketones (excluding diaryl/α,β-unsaturated/α-hetero) is 1. The van der Waals surface area contributed by atoms with Gasteiger partial charge in [-0.1, -0.05) is 30.7 Å². The normalized spacial score (nSPS) is 17.3. The molecule has 2 heterocycles. The molecule has 0 bridgehead atoms. The number of nitrogens with one attached hydrogen (secondary N) is 1. The topological polar surface area (TPSA) is 98.2 Å². The second kappa shape index (κ2) is 10.5. The van der Waals surface area contributed by atoms with Crippen LogP contribution in [0.15, 0.2) is 24.3 Å². The smallest absolute Gasteiger partial charge is 0.178 e. The quantitative estimate of drug-likeness (QED) is 0.626. The van der Waals surface area contributed by atoms with Crippen molar-refractivity contribution in [3.63, 3.8) is 0 Å². The molecule has 0 unspecified atom stereocenters. The average molecular weight is 401 g/mol. The molecule has 1 aliphatic heterocycles. The van der Waals surface area contributed by atoms with E-state index in [1.54, 1.807) is 6.92 Å². The number of benzene rings is 1. The van der Waals surface area contributed by atoms with E-state index in [0.717, 1.165) is 45.6 Å². The molecule has 1 fully saturated rings. The minimum atomic E-state index is -0.100. The van der Waals surface area contributed by atoms with Gasteiger partial charge in [-0.25, -0.2) is 0 Å². The lowest BCUT2D eigenvalue weighted by atomic mass is 9.81. The first-order valence-corrected chi connectivity index (χ1v) is 10.5. The van der Waals surface area contributed by atoms with Crippen LogP contribution in [0.3, 0.4) is 0 Å². The zero-order chi connectivity index (χ0) is 20.6. The molecule has 1 aromatic heterocycles. The Bertz CT molecular complexity index is 741. The molecule has 1 aromatic carbocycles. The Morgan fingerprint density at radius 1 is 1.21 bits per heavy atom. The number of aromatic amines is 1. The lowest BCUT2D eigenvalue weighted by Gasteiger charge is -2.35. The molecule has 158 valence electrons. The fourth-order valence-electron chi connectivity index (χ4n) is 4.21. The maximum Gasteiger partial charge on any atom is 0.178 e. The van der Waals surface area contributed by atoms with Gasteiger partial charge in [0.25, 0.3) is 0 Å². The highest BCUT2D eigenvalue weighted by Crippen LogP contribution is 2.31. The number of tetrazole rings is 1. The van der Waals surface area contributed by atoms with E-state index < -0.39 is 0 Å². The molecule has 3 rings (SSSR count). The van der Waals surface area contributed by atoms with E-state index in [1.807, 2.05) is 0 Å². The third-order valence-corrected chi connectivity index (χ3v) is 5.85. The van der Waals surface area contributed by atoms with Crippen LogP contribution in [0.5, 0.6) is 0 Å². The molecule has 8 nitrogen and oxygen atoms in total. The predicted octanol–water partition coefficient (Wildman–Crippen LogP) is 1.65. The van der Waals surface area contributed by atoms with Gasteiger partial charge in [0.05, 0.1) is 6.61 Å². The first kappa shape index (κ1) is 21.4. The number of ketones is 1. The largest absolute Gasteiger partial charge is 0.395 e. The summed E-state index contributed by atoms with van der Waals surface area (Å²) in [6.07, 6.45) is 2.48. The van der Waals surface area contributed by atoms with Crippen LogP contribution in [0.1, 0.15) is 44.0 Å². The van der Waals surface area contributed by atoms with Crippen molar-refractivity contribution in [3.8, 4) is 0 Å². The zero-order valence-electron chi connectivity index (χ0n) is 17.4. The molecule has 0 amide bonds. The molecule has 0 spiro atoms. The number of piperazine rings is 1. The van der Waals surface area contributed by atoms with Crippen LogP contribution in [-0.2, 0) is 11.2 Å². The molecule has 2 atom stereocenters. The molecule has 29 heavy (non-hydrogen) atoms. The van der Waals surface area contributed by atoms with E-state index in [9.17, 15) is 4.79 Å². The van der Waals surface area contributed by atoms with Crippen LogP contribution < -0.4 is 4.90 Å². The molecule has 0 radical (unpaired) electrons. The van der Waals surface area contributed by atoms with Crippen molar-refractivity contribution in [1.29, 1.82) is 0 Å². The first-order chi connectivity index (χ1) is 14.1. The first-order valence-electron chi connectivity index (χ1n) is 10.5. The fourth-order valence-corrected chi connectivity index (χ4v) is 4.21. The number of aromatic nitrogens is 4. The molecule has 0 saturated carbocycles. The molecule has 2 N–H and O–H groups in total. The van der Waals surface area contributed by atoms with Crippen LogP contribution in [0.25, 0.3) is 0 Å². The molecular formula is C21H32N6O2. The second-order valence-corrected chi connectivity index (χ2v) is 7.81. The number of hydrogen-bond donors (Lipinski definition) is 2. The van der Waals surface area contributed by atoms with Crippen molar-refractivity contribution in [3.05, 3.63) is 35.7 Å². The number of aliphatic hydroxyl groups excluding tert-OH is 1. The standard InChI is InChI=1S/C21H32N6O2/c1-3-4-19(16(2)29)20(21-22-24-25-23-21)15-17-5-7-18(8-6-17)27-11-9-26(10-12-27)13-14-28/h5-8,19-20,28H,3-4,9-15H2,1-2H3,(H,22,23,24,25)/t19-,20+/m1/s1. The SMILES string of the molecule is CCC[C@H](C(C)=O)[C@H](Cc1ccc(N2CCN(CCO)CC2)cc1)c1nn[nH]n1. The summed E-state index contributed by atoms with van der Waals surface area (Å²) in [6, 6.07) is 8.61. The number of rotatable bonds is 10. The highest BCUT2D eigenvalue weighted by Gasteiger charge is 2.30. The van der Waals surface area contributed by atoms with Gasteiger partial charge in [0, 0.05) is 50.2 Å². The van der Waals surface area contributed by atoms with E-state index in [4.69, 9.17) is 5.11 Å². The van der Waals surface area contributed by atoms with Gasteiger partial charge >= 0.3 is 0 Å². The van der Waals surface area contributed by atoms with E-state index in [2.05, 4.69) is 61.6 Å². The van der Waals surface area contributed by atoms with E-state index in [0.29, 0.717) is 12.2 Å². The van der Waals surface area contributed by atoms with Crippen LogP contribution in [0.4, 0.5) is 5.69 Å². The number of H-pyrrole nitrogens is 1. The maximum absolute atomic E-state index is 12.3. The van der Waals surface area contributed by atoms with Gasteiger partial charge < -0.3 is 10.0 Å². The predicted molar refractivity (Wildman–Crippen MR) is 112 cm³/mol. The molecule has 0 aliphatic carbocycles. The molecular weight excluding hydrogens is 368 g/mol. The van der Waals surface area contributed by atoms with Gasteiger partial charge in [-0.3, -0.25) is 9.69 Å². The highest BCUT2D eigenvalue weighted by atomic mass is 16.3. The minimum absolute atomic E-state index is 0.0703. The summed E-state index contributed by atoms with van der Waals surface area (Å²) >= 11 is 0. The lowest BCUT2D eigenvalue weighted by molar-refractivity contribution is -0.121. The summed E-state index contributed by atoms with van der Waals surface area (Å²) in [5.74, 6) is 0.623. The highest BCUT2D eigenvalue weighted by molar-refractivity contribution is 5.79. The number of β-amino-alcohol motifs (C(OH)–C–C–N with tert-alkyl or cyclic N) is 1. The molecule has 8 heteroatoms. The minimum Gasteiger partial charge on any atom is -0.395 e. The molecule has 1 saturated heterocycles. The van der Waals surface area contributed by atoms with Crippen molar-refractivity contribution in [2.75, 3.05) is 44.2 Å². The van der Waals surface area contributed by atoms with Crippen LogP contribution in [0.2, 0.25) is 0 Å². The van der Waals surface area contributed by atoms with Crippen molar-refractivity contribution in [2.24, 2.45) is 5.92 Å². The van der Waals surface area contributed by atoms with E-state index >= 15 is 0 Å². The van der Waals surface area contributed by atoms with Crippen molar-refractivity contribution in [2.45, 2.75) is 39.0 Å². The van der Waals surface area contributed by atoms with Gasteiger partial charge in [-0.05, 0) is 37.5 Å². The summed E-state index contributed by atoms with van der Waals surface area (Å²) in [7, 11) is 0. The number of nitrogens with zero attached hydrogens (tertiary/aromatic N) is 5. The third-order valence-electron chi connectivity index (χ3n) is 5.85. The average Bonchev–Trinajstić information content (AvgIpc) is 3.26. The van der Waals surface area contributed by atoms with E-state index in [-0.39, 0.29) is 24.2 Å². The number of anilines is 1. The van der Waals surface area contributed by atoms with Crippen LogP contribution >= 0.6 is 0 Å². The molecule has 1 aliphatic rings. The monoisotopic (exact) mass is 400 g/mol.